The van der Waals surface area contributed by atoms with Crippen LogP contribution < -0.4 is 9.47 Å². The molecule has 0 heterocycles. The summed E-state index contributed by atoms with van der Waals surface area (Å²) >= 11 is 0. The summed E-state index contributed by atoms with van der Waals surface area (Å²) in [7, 11) is 1.52. The molecule has 12 nitrogen and oxygen atoms in total. The van der Waals surface area contributed by atoms with Gasteiger partial charge in [-0.15, -0.1) is 0 Å². The molecule has 3 aromatic carbocycles. The molecule has 3 rings (SSSR count). The Labute approximate surface area is 201 Å². The smallest absolute Gasteiger partial charge is 0.269 e. The van der Waals surface area contributed by atoms with Crippen molar-refractivity contribution in [3.05, 3.63) is 103 Å². The highest BCUT2D eigenvalue weighted by atomic mass is 16.6. The first-order chi connectivity index (χ1) is 16.7. The Bertz CT molecular complexity index is 1040. The Morgan fingerprint density at radius 3 is 1.26 bits per heavy atom. The summed E-state index contributed by atoms with van der Waals surface area (Å²) in [5.41, 5.74) is 0.141. The fourth-order valence-corrected chi connectivity index (χ4v) is 2.11. The van der Waals surface area contributed by atoms with E-state index in [2.05, 4.69) is 0 Å². The molecule has 0 saturated heterocycles. The first-order valence-electron chi connectivity index (χ1n) is 10.3. The lowest BCUT2D eigenvalue weighted by molar-refractivity contribution is -0.385. The van der Waals surface area contributed by atoms with E-state index in [-0.39, 0.29) is 22.8 Å². The third-order valence-electron chi connectivity index (χ3n) is 3.70. The molecule has 0 radical (unpaired) electrons. The first-order valence-corrected chi connectivity index (χ1v) is 10.3. The molecule has 0 saturated carbocycles. The summed E-state index contributed by atoms with van der Waals surface area (Å²) in [6, 6.07) is 17.0. The summed E-state index contributed by atoms with van der Waals surface area (Å²) in [5, 5.41) is 39.2. The number of rotatable bonds is 6. The van der Waals surface area contributed by atoms with Gasteiger partial charge in [-0.2, -0.15) is 0 Å². The lowest BCUT2D eigenvalue weighted by Crippen LogP contribution is -1.92. The van der Waals surface area contributed by atoms with Crippen molar-refractivity contribution < 1.29 is 29.4 Å². The SMILES string of the molecule is CC.CCOc1ccc([N+](=O)[O-])cc1.COc1ccc([N+](=O)[O-])cc1.O=[N+]([O-])c1ccc(O)cc1. The van der Waals surface area contributed by atoms with Gasteiger partial charge >= 0.3 is 0 Å². The number of hydrogen-bond acceptors (Lipinski definition) is 9. The number of phenols is 1. The average molecular weight is 489 g/mol. The normalized spacial score (nSPS) is 8.91. The Kier molecular flexibility index (Phi) is 14.6. The summed E-state index contributed by atoms with van der Waals surface area (Å²) in [6.45, 7) is 6.43. The predicted molar refractivity (Wildman–Crippen MR) is 130 cm³/mol. The highest BCUT2D eigenvalue weighted by molar-refractivity contribution is 5.37. The summed E-state index contributed by atoms with van der Waals surface area (Å²) in [6.07, 6.45) is 0. The van der Waals surface area contributed by atoms with Gasteiger partial charge in [-0.1, -0.05) is 13.8 Å². The number of phenolic OH excluding ortho intramolecular Hbond substituents is 1. The van der Waals surface area contributed by atoms with Crippen LogP contribution >= 0.6 is 0 Å². The molecule has 0 aliphatic rings. The number of nitro benzene ring substituents is 3. The first kappa shape index (κ1) is 30.3. The van der Waals surface area contributed by atoms with E-state index in [0.717, 1.165) is 0 Å². The maximum atomic E-state index is 10.2. The van der Waals surface area contributed by atoms with Crippen LogP contribution in [0.5, 0.6) is 17.2 Å². The van der Waals surface area contributed by atoms with E-state index in [1.807, 2.05) is 20.8 Å². The average Bonchev–Trinajstić information content (AvgIpc) is 2.87. The van der Waals surface area contributed by atoms with Gasteiger partial charge in [-0.3, -0.25) is 30.3 Å². The lowest BCUT2D eigenvalue weighted by Gasteiger charge is -2.00. The van der Waals surface area contributed by atoms with E-state index in [9.17, 15) is 30.3 Å². The predicted octanol–water partition coefficient (Wildman–Crippen LogP) is 5.92. The fraction of sp³-hybridized carbons (Fsp3) is 0.217. The molecule has 0 aliphatic carbocycles. The molecule has 0 spiro atoms. The van der Waals surface area contributed by atoms with Crippen LogP contribution in [0.4, 0.5) is 17.1 Å². The molecule has 3 aromatic rings. The highest BCUT2D eigenvalue weighted by Crippen LogP contribution is 2.17. The molecule has 1 N–H and O–H groups in total. The molecule has 0 bridgehead atoms. The van der Waals surface area contributed by atoms with Gasteiger partial charge in [0.2, 0.25) is 0 Å². The van der Waals surface area contributed by atoms with E-state index in [1.165, 1.54) is 55.6 Å². The Balaban J connectivity index is 0.000000480. The molecular formula is C23H27N3O9. The monoisotopic (exact) mass is 489 g/mol. The second-order valence-corrected chi connectivity index (χ2v) is 5.91. The quantitative estimate of drug-likeness (QED) is 0.326. The third-order valence-corrected chi connectivity index (χ3v) is 3.70. The second-order valence-electron chi connectivity index (χ2n) is 5.91. The number of hydrogen-bond donors (Lipinski definition) is 1. The summed E-state index contributed by atoms with van der Waals surface area (Å²) in [5.74, 6) is 1.31. The molecule has 0 atom stereocenters. The van der Waals surface area contributed by atoms with Crippen LogP contribution in [0.2, 0.25) is 0 Å². The van der Waals surface area contributed by atoms with Crippen LogP contribution in [0, 0.1) is 30.3 Å². The van der Waals surface area contributed by atoms with Crippen molar-refractivity contribution >= 4 is 17.1 Å². The van der Waals surface area contributed by atoms with Gasteiger partial charge in [-0.25, -0.2) is 0 Å². The molecule has 35 heavy (non-hydrogen) atoms. The zero-order valence-corrected chi connectivity index (χ0v) is 19.7. The van der Waals surface area contributed by atoms with Gasteiger partial charge in [0, 0.05) is 36.4 Å². The van der Waals surface area contributed by atoms with Crippen LogP contribution in [0.1, 0.15) is 20.8 Å². The van der Waals surface area contributed by atoms with E-state index in [0.29, 0.717) is 18.1 Å². The van der Waals surface area contributed by atoms with Crippen molar-refractivity contribution in [3.8, 4) is 17.2 Å². The maximum absolute atomic E-state index is 10.2. The molecule has 0 amide bonds. The van der Waals surface area contributed by atoms with E-state index < -0.39 is 14.8 Å². The number of aromatic hydroxyl groups is 1. The van der Waals surface area contributed by atoms with Crippen molar-refractivity contribution in [2.24, 2.45) is 0 Å². The van der Waals surface area contributed by atoms with Gasteiger partial charge in [-0.05, 0) is 43.3 Å². The Morgan fingerprint density at radius 2 is 0.971 bits per heavy atom. The molecule has 0 unspecified atom stereocenters. The minimum absolute atomic E-state index is 0.0159. The van der Waals surface area contributed by atoms with Crippen LogP contribution in [0.15, 0.2) is 72.8 Å². The minimum Gasteiger partial charge on any atom is -0.508 e. The topological polar surface area (TPSA) is 168 Å². The maximum Gasteiger partial charge on any atom is 0.269 e. The molecular weight excluding hydrogens is 462 g/mol. The molecule has 12 heteroatoms. The third kappa shape index (κ3) is 12.2. The van der Waals surface area contributed by atoms with Crippen LogP contribution in [-0.4, -0.2) is 33.6 Å². The van der Waals surface area contributed by atoms with Gasteiger partial charge in [0.05, 0.1) is 28.5 Å². The van der Waals surface area contributed by atoms with Crippen LogP contribution in [0.3, 0.4) is 0 Å². The zero-order chi connectivity index (χ0) is 26.8. The zero-order valence-electron chi connectivity index (χ0n) is 19.7. The highest BCUT2D eigenvalue weighted by Gasteiger charge is 2.04. The van der Waals surface area contributed by atoms with E-state index in [4.69, 9.17) is 14.6 Å². The van der Waals surface area contributed by atoms with Gasteiger partial charge in [0.1, 0.15) is 17.2 Å². The number of non-ortho nitro benzene ring substituents is 3. The molecule has 0 aliphatic heterocycles. The van der Waals surface area contributed by atoms with Gasteiger partial charge in [0.15, 0.2) is 0 Å². The Hall–Kier alpha value is -4.74. The number of methoxy groups -OCH3 is 1. The molecule has 0 fully saturated rings. The fourth-order valence-electron chi connectivity index (χ4n) is 2.11. The van der Waals surface area contributed by atoms with Crippen molar-refractivity contribution in [3.63, 3.8) is 0 Å². The number of nitro groups is 3. The largest absolute Gasteiger partial charge is 0.508 e. The number of ether oxygens (including phenoxy) is 2. The van der Waals surface area contributed by atoms with Gasteiger partial charge in [0.25, 0.3) is 17.1 Å². The Morgan fingerprint density at radius 1 is 0.657 bits per heavy atom. The lowest BCUT2D eigenvalue weighted by atomic mass is 10.3. The van der Waals surface area contributed by atoms with Crippen molar-refractivity contribution in [1.29, 1.82) is 0 Å². The van der Waals surface area contributed by atoms with E-state index in [1.54, 1.807) is 24.3 Å². The summed E-state index contributed by atoms with van der Waals surface area (Å²) in [4.78, 5) is 29.0. The standard InChI is InChI=1S/C8H9NO3.C7H7NO3.C6H5NO3.C2H6/c1-2-12-8-5-3-7(4-6-8)9(10)11;1-11-7-4-2-6(3-5-7)8(9)10;8-6-3-1-5(2-4-6)7(9)10;1-2/h3-6H,2H2,1H3;2-5H,1H3;1-4,8H;1-2H3. The van der Waals surface area contributed by atoms with Crippen molar-refractivity contribution in [2.45, 2.75) is 20.8 Å². The van der Waals surface area contributed by atoms with Crippen molar-refractivity contribution in [1.82, 2.24) is 0 Å². The summed E-state index contributed by atoms with van der Waals surface area (Å²) < 4.78 is 9.94. The number of benzene rings is 3. The van der Waals surface area contributed by atoms with Crippen molar-refractivity contribution in [2.75, 3.05) is 13.7 Å². The van der Waals surface area contributed by atoms with Gasteiger partial charge < -0.3 is 14.6 Å². The number of nitrogens with zero attached hydrogens (tertiary/aromatic N) is 3. The van der Waals surface area contributed by atoms with Crippen LogP contribution in [-0.2, 0) is 0 Å². The second kappa shape index (κ2) is 16.8. The van der Waals surface area contributed by atoms with E-state index >= 15 is 0 Å². The molecule has 0 aromatic heterocycles. The van der Waals surface area contributed by atoms with Crippen LogP contribution in [0.25, 0.3) is 0 Å². The molecule has 188 valence electrons. The minimum atomic E-state index is -0.514.